The molecule has 1 aliphatic rings. The van der Waals surface area contributed by atoms with Crippen LogP contribution in [0.5, 0.6) is 0 Å². The predicted molar refractivity (Wildman–Crippen MR) is 148 cm³/mol. The van der Waals surface area contributed by atoms with Crippen LogP contribution in [0.4, 0.5) is 11.5 Å². The van der Waals surface area contributed by atoms with E-state index in [1.54, 1.807) is 16.9 Å². The van der Waals surface area contributed by atoms with Crippen LogP contribution in [0.2, 0.25) is 31.0 Å². The van der Waals surface area contributed by atoms with Crippen molar-refractivity contribution >= 4 is 42.2 Å². The molecule has 0 atom stereocenters. The lowest BCUT2D eigenvalue weighted by molar-refractivity contribution is 0.0342. The van der Waals surface area contributed by atoms with Gasteiger partial charge in [0, 0.05) is 40.5 Å². The Kier molecular flexibility index (Phi) is 7.86. The van der Waals surface area contributed by atoms with Gasteiger partial charge in [-0.1, -0.05) is 25.7 Å². The molecule has 4 heterocycles. The summed E-state index contributed by atoms with van der Waals surface area (Å²) in [5.41, 5.74) is 4.51. The number of nitrogens with one attached hydrogen (secondary N) is 2. The Morgan fingerprint density at radius 3 is 2.78 bits per heavy atom. The van der Waals surface area contributed by atoms with Crippen molar-refractivity contribution in [2.75, 3.05) is 38.2 Å². The van der Waals surface area contributed by atoms with Gasteiger partial charge in [-0.3, -0.25) is 4.90 Å². The van der Waals surface area contributed by atoms with E-state index in [-0.39, 0.29) is 5.28 Å². The summed E-state index contributed by atoms with van der Waals surface area (Å²) in [6.45, 7) is 12.4. The van der Waals surface area contributed by atoms with Crippen molar-refractivity contribution in [3.05, 3.63) is 47.5 Å². The zero-order chi connectivity index (χ0) is 25.8. The number of benzene rings is 1. The molecule has 1 fully saturated rings. The average molecular weight is 541 g/mol. The maximum Gasteiger partial charge on any atom is 0.224 e. The third kappa shape index (κ3) is 6.93. The Morgan fingerprint density at radius 2 is 2.00 bits per heavy atom. The van der Waals surface area contributed by atoms with E-state index in [2.05, 4.69) is 63.0 Å². The minimum absolute atomic E-state index is 0.171. The number of rotatable bonds is 10. The third-order valence-electron chi connectivity index (χ3n) is 6.15. The smallest absolute Gasteiger partial charge is 0.224 e. The van der Waals surface area contributed by atoms with Gasteiger partial charge in [-0.05, 0) is 41.4 Å². The van der Waals surface area contributed by atoms with Crippen LogP contribution in [0.3, 0.4) is 0 Å². The van der Waals surface area contributed by atoms with Crippen molar-refractivity contribution in [1.29, 1.82) is 0 Å². The van der Waals surface area contributed by atoms with Crippen molar-refractivity contribution in [3.8, 4) is 11.5 Å². The minimum Gasteiger partial charge on any atom is -0.379 e. The molecule has 0 saturated carbocycles. The molecule has 37 heavy (non-hydrogen) atoms. The molecular formula is C25H33ClN8O2Si. The number of aromatic amines is 1. The Hall–Kier alpha value is -2.83. The van der Waals surface area contributed by atoms with E-state index in [0.717, 1.165) is 55.6 Å². The second kappa shape index (κ2) is 11.3. The minimum atomic E-state index is -1.17. The SMILES string of the molecule is C[Si](C)(C)CCOCn1cc(Nc2ccnc(Cl)n2)c(-c2nc3ccc(CN4CCOCC4)cc3[nH]2)n1. The lowest BCUT2D eigenvalue weighted by Gasteiger charge is -2.26. The Bertz CT molecular complexity index is 1350. The fraction of sp³-hybridized carbons (Fsp3) is 0.440. The highest BCUT2D eigenvalue weighted by atomic mass is 35.5. The molecular weight excluding hydrogens is 508 g/mol. The molecule has 12 heteroatoms. The normalized spacial score (nSPS) is 14.9. The van der Waals surface area contributed by atoms with Gasteiger partial charge in [-0.25, -0.2) is 19.6 Å². The van der Waals surface area contributed by atoms with Gasteiger partial charge in [-0.2, -0.15) is 5.10 Å². The Balaban J connectivity index is 1.39. The van der Waals surface area contributed by atoms with Crippen LogP contribution in [-0.4, -0.2) is 75.6 Å². The summed E-state index contributed by atoms with van der Waals surface area (Å²) in [7, 11) is -1.17. The second-order valence-electron chi connectivity index (χ2n) is 10.4. The van der Waals surface area contributed by atoms with E-state index >= 15 is 0 Å². The Labute approximate surface area is 222 Å². The summed E-state index contributed by atoms with van der Waals surface area (Å²) in [5, 5.41) is 8.27. The number of halogens is 1. The molecule has 196 valence electrons. The highest BCUT2D eigenvalue weighted by molar-refractivity contribution is 6.76. The number of hydrogen-bond acceptors (Lipinski definition) is 8. The van der Waals surface area contributed by atoms with Gasteiger partial charge >= 0.3 is 0 Å². The number of nitrogens with zero attached hydrogens (tertiary/aromatic N) is 6. The number of aromatic nitrogens is 6. The summed E-state index contributed by atoms with van der Waals surface area (Å²) in [4.78, 5) is 18.9. The third-order valence-corrected chi connectivity index (χ3v) is 8.04. The predicted octanol–water partition coefficient (Wildman–Crippen LogP) is 4.76. The fourth-order valence-corrected chi connectivity index (χ4v) is 5.02. The largest absolute Gasteiger partial charge is 0.379 e. The molecule has 5 rings (SSSR count). The van der Waals surface area contributed by atoms with E-state index in [0.29, 0.717) is 30.7 Å². The number of morpholine rings is 1. The molecule has 0 aliphatic carbocycles. The van der Waals surface area contributed by atoms with E-state index in [1.165, 1.54) is 5.56 Å². The molecule has 3 aromatic heterocycles. The Morgan fingerprint density at radius 1 is 1.16 bits per heavy atom. The molecule has 0 bridgehead atoms. The second-order valence-corrected chi connectivity index (χ2v) is 16.4. The van der Waals surface area contributed by atoms with E-state index in [1.807, 2.05) is 6.20 Å². The molecule has 10 nitrogen and oxygen atoms in total. The first kappa shape index (κ1) is 25.8. The van der Waals surface area contributed by atoms with Crippen molar-refractivity contribution < 1.29 is 9.47 Å². The van der Waals surface area contributed by atoms with E-state index < -0.39 is 8.07 Å². The van der Waals surface area contributed by atoms with Gasteiger partial charge in [0.1, 0.15) is 12.5 Å². The highest BCUT2D eigenvalue weighted by Crippen LogP contribution is 2.29. The molecule has 2 N–H and O–H groups in total. The van der Waals surface area contributed by atoms with Gasteiger partial charge in [0.2, 0.25) is 5.28 Å². The summed E-state index contributed by atoms with van der Waals surface area (Å²) in [6.07, 6.45) is 3.51. The number of hydrogen-bond donors (Lipinski definition) is 2. The highest BCUT2D eigenvalue weighted by Gasteiger charge is 2.18. The summed E-state index contributed by atoms with van der Waals surface area (Å²) in [5.74, 6) is 1.24. The number of H-pyrrole nitrogens is 1. The molecule has 0 radical (unpaired) electrons. The molecule has 0 spiro atoms. The van der Waals surface area contributed by atoms with Gasteiger partial charge in [-0.15, -0.1) is 0 Å². The average Bonchev–Trinajstić information content (AvgIpc) is 3.45. The maximum atomic E-state index is 6.00. The molecule has 4 aromatic rings. The van der Waals surface area contributed by atoms with Crippen molar-refractivity contribution in [3.63, 3.8) is 0 Å². The molecule has 1 aliphatic heterocycles. The number of anilines is 2. The summed E-state index contributed by atoms with van der Waals surface area (Å²) >= 11 is 6.00. The lowest BCUT2D eigenvalue weighted by atomic mass is 10.2. The van der Waals surface area contributed by atoms with Crippen LogP contribution in [0.1, 0.15) is 5.56 Å². The monoisotopic (exact) mass is 540 g/mol. The zero-order valence-corrected chi connectivity index (χ0v) is 23.3. The topological polar surface area (TPSA) is 106 Å². The molecule has 1 saturated heterocycles. The van der Waals surface area contributed by atoms with Crippen LogP contribution < -0.4 is 5.32 Å². The first-order chi connectivity index (χ1) is 17.8. The van der Waals surface area contributed by atoms with Crippen molar-refractivity contribution in [2.45, 2.75) is 39.0 Å². The van der Waals surface area contributed by atoms with Gasteiger partial charge in [0.15, 0.2) is 11.5 Å². The molecule has 0 amide bonds. The van der Waals surface area contributed by atoms with Crippen molar-refractivity contribution in [2.24, 2.45) is 0 Å². The van der Waals surface area contributed by atoms with Crippen LogP contribution in [0.25, 0.3) is 22.6 Å². The first-order valence-electron chi connectivity index (χ1n) is 12.5. The maximum absolute atomic E-state index is 6.00. The molecule has 1 aromatic carbocycles. The van der Waals surface area contributed by atoms with Gasteiger partial charge in [0.05, 0.1) is 36.1 Å². The molecule has 0 unspecified atom stereocenters. The van der Waals surface area contributed by atoms with E-state index in [4.69, 9.17) is 31.2 Å². The zero-order valence-electron chi connectivity index (χ0n) is 21.5. The van der Waals surface area contributed by atoms with Gasteiger partial charge in [0.25, 0.3) is 0 Å². The number of imidazole rings is 1. The number of fused-ring (bicyclic) bond motifs is 1. The van der Waals surface area contributed by atoms with Crippen molar-refractivity contribution in [1.82, 2.24) is 34.6 Å². The summed E-state index contributed by atoms with van der Waals surface area (Å²) in [6, 6.07) is 9.21. The van der Waals surface area contributed by atoms with Crippen LogP contribution in [0, 0.1) is 0 Å². The number of ether oxygens (including phenoxy) is 2. The van der Waals surface area contributed by atoms with Gasteiger partial charge < -0.3 is 19.8 Å². The standard InChI is InChI=1S/C25H33ClN8O2Si/c1-37(2,3)13-12-36-17-34-16-21(28-22-6-7-27-25(26)31-22)23(32-34)24-29-19-5-4-18(14-20(19)30-24)15-33-8-10-35-11-9-33/h4-7,14,16H,8-13,15,17H2,1-3H3,(H,29,30)(H,27,28,31). The lowest BCUT2D eigenvalue weighted by Crippen LogP contribution is -2.35. The first-order valence-corrected chi connectivity index (χ1v) is 16.6. The van der Waals surface area contributed by atoms with E-state index in [9.17, 15) is 0 Å². The summed E-state index contributed by atoms with van der Waals surface area (Å²) < 4.78 is 13.2. The van der Waals surface area contributed by atoms with Crippen LogP contribution in [0.15, 0.2) is 36.7 Å². The van der Waals surface area contributed by atoms with Crippen LogP contribution in [-0.2, 0) is 22.7 Å². The fourth-order valence-electron chi connectivity index (χ4n) is 4.12. The quantitative estimate of drug-likeness (QED) is 0.168. The van der Waals surface area contributed by atoms with Crippen LogP contribution >= 0.6 is 11.6 Å².